The van der Waals surface area contributed by atoms with Gasteiger partial charge in [-0.2, -0.15) is 5.26 Å². The van der Waals surface area contributed by atoms with E-state index in [1.807, 2.05) is 45.0 Å². The molecule has 0 unspecified atom stereocenters. The molecule has 3 aromatic carbocycles. The van der Waals surface area contributed by atoms with Crippen molar-refractivity contribution in [2.75, 3.05) is 16.8 Å². The molecule has 0 bridgehead atoms. The minimum absolute atomic E-state index is 0.205. The number of nitriles is 1. The summed E-state index contributed by atoms with van der Waals surface area (Å²) in [5.41, 5.74) is 4.88. The van der Waals surface area contributed by atoms with Crippen molar-refractivity contribution in [2.24, 2.45) is 0 Å². The molecule has 0 atom stereocenters. The van der Waals surface area contributed by atoms with E-state index in [-0.39, 0.29) is 11.3 Å². The summed E-state index contributed by atoms with van der Waals surface area (Å²) < 4.78 is 5.51. The maximum absolute atomic E-state index is 13.5. The number of aryl methyl sites for hydroxylation is 2. The van der Waals surface area contributed by atoms with Gasteiger partial charge in [0.1, 0.15) is 11.4 Å². The van der Waals surface area contributed by atoms with Crippen LogP contribution < -0.4 is 15.0 Å². The predicted molar refractivity (Wildman–Crippen MR) is 128 cm³/mol. The molecule has 0 saturated carbocycles. The van der Waals surface area contributed by atoms with Crippen LogP contribution in [0, 0.1) is 25.2 Å². The zero-order valence-corrected chi connectivity index (χ0v) is 18.7. The Bertz CT molecular complexity index is 1300. The van der Waals surface area contributed by atoms with Gasteiger partial charge in [-0.15, -0.1) is 0 Å². The van der Waals surface area contributed by atoms with E-state index in [0.717, 1.165) is 21.7 Å². The van der Waals surface area contributed by atoms with Crippen molar-refractivity contribution in [3.8, 4) is 11.8 Å². The smallest absolute Gasteiger partial charge is 0.282 e. The number of ether oxygens (including phenoxy) is 1. The van der Waals surface area contributed by atoms with E-state index in [0.29, 0.717) is 29.2 Å². The van der Waals surface area contributed by atoms with E-state index in [1.165, 1.54) is 0 Å². The zero-order valence-electron chi connectivity index (χ0n) is 18.7. The Kier molecular flexibility index (Phi) is 5.97. The van der Waals surface area contributed by atoms with Gasteiger partial charge in [0.25, 0.3) is 11.8 Å². The average molecular weight is 437 g/mol. The number of carbonyl (C=O) groups excluding carboxylic acids is 2. The molecule has 0 aromatic heterocycles. The number of hydrogen-bond acceptors (Lipinski definition) is 5. The van der Waals surface area contributed by atoms with Crippen molar-refractivity contribution in [3.05, 3.63) is 94.7 Å². The second kappa shape index (κ2) is 9.01. The fourth-order valence-electron chi connectivity index (χ4n) is 3.68. The summed E-state index contributed by atoms with van der Waals surface area (Å²) in [5, 5.41) is 12.3. The lowest BCUT2D eigenvalue weighted by Gasteiger charge is -2.15. The van der Waals surface area contributed by atoms with Gasteiger partial charge in [-0.25, -0.2) is 4.90 Å². The summed E-state index contributed by atoms with van der Waals surface area (Å²) in [6.45, 7) is 6.44. The van der Waals surface area contributed by atoms with E-state index >= 15 is 0 Å². The molecule has 1 aliphatic rings. The topological polar surface area (TPSA) is 82.4 Å². The first-order valence-electron chi connectivity index (χ1n) is 10.6. The van der Waals surface area contributed by atoms with Gasteiger partial charge < -0.3 is 10.1 Å². The summed E-state index contributed by atoms with van der Waals surface area (Å²) in [6.07, 6.45) is 0. The highest BCUT2D eigenvalue weighted by atomic mass is 16.5. The van der Waals surface area contributed by atoms with Crippen molar-refractivity contribution < 1.29 is 14.3 Å². The van der Waals surface area contributed by atoms with E-state index in [2.05, 4.69) is 5.32 Å². The Morgan fingerprint density at radius 1 is 0.909 bits per heavy atom. The van der Waals surface area contributed by atoms with E-state index in [4.69, 9.17) is 10.00 Å². The van der Waals surface area contributed by atoms with Crippen LogP contribution in [0.1, 0.15) is 29.2 Å². The highest BCUT2D eigenvalue weighted by Crippen LogP contribution is 2.34. The molecule has 33 heavy (non-hydrogen) atoms. The number of anilines is 2. The van der Waals surface area contributed by atoms with Crippen molar-refractivity contribution in [3.63, 3.8) is 0 Å². The van der Waals surface area contributed by atoms with Gasteiger partial charge in [-0.3, -0.25) is 9.59 Å². The van der Waals surface area contributed by atoms with Crippen LogP contribution in [0.2, 0.25) is 0 Å². The summed E-state index contributed by atoms with van der Waals surface area (Å²) in [6, 6.07) is 21.3. The Hall–Kier alpha value is -4.37. The molecular formula is C27H23N3O3. The summed E-state index contributed by atoms with van der Waals surface area (Å²) in [4.78, 5) is 28.1. The van der Waals surface area contributed by atoms with Crippen LogP contribution in [0.3, 0.4) is 0 Å². The number of amides is 2. The monoisotopic (exact) mass is 437 g/mol. The molecule has 0 saturated heterocycles. The van der Waals surface area contributed by atoms with E-state index < -0.39 is 11.8 Å². The van der Waals surface area contributed by atoms with Gasteiger partial charge in [0.15, 0.2) is 0 Å². The number of rotatable bonds is 6. The summed E-state index contributed by atoms with van der Waals surface area (Å²) in [7, 11) is 0. The van der Waals surface area contributed by atoms with Crippen LogP contribution in [-0.4, -0.2) is 18.4 Å². The molecule has 0 aliphatic carbocycles. The normalized spacial score (nSPS) is 13.3. The van der Waals surface area contributed by atoms with Crippen LogP contribution in [-0.2, 0) is 9.59 Å². The molecule has 2 amide bonds. The van der Waals surface area contributed by atoms with Gasteiger partial charge in [0.05, 0.1) is 29.5 Å². The lowest BCUT2D eigenvalue weighted by atomic mass is 10.0. The van der Waals surface area contributed by atoms with Gasteiger partial charge in [0.2, 0.25) is 0 Å². The van der Waals surface area contributed by atoms with Gasteiger partial charge in [-0.05, 0) is 86.0 Å². The van der Waals surface area contributed by atoms with Crippen LogP contribution >= 0.6 is 0 Å². The minimum atomic E-state index is -0.452. The molecule has 6 nitrogen and oxygen atoms in total. The zero-order chi connectivity index (χ0) is 23.5. The predicted octanol–water partition coefficient (Wildman–Crippen LogP) is 4.97. The third kappa shape index (κ3) is 4.21. The fraction of sp³-hybridized carbons (Fsp3) is 0.148. The summed E-state index contributed by atoms with van der Waals surface area (Å²) >= 11 is 0. The van der Waals surface area contributed by atoms with Gasteiger partial charge in [-0.1, -0.05) is 18.2 Å². The van der Waals surface area contributed by atoms with Gasteiger partial charge >= 0.3 is 0 Å². The number of nitrogens with zero attached hydrogens (tertiary/aromatic N) is 2. The van der Waals surface area contributed by atoms with Crippen molar-refractivity contribution in [1.29, 1.82) is 5.26 Å². The third-order valence-corrected chi connectivity index (χ3v) is 5.57. The van der Waals surface area contributed by atoms with Crippen molar-refractivity contribution in [1.82, 2.24) is 0 Å². The molecule has 0 radical (unpaired) electrons. The Balaban J connectivity index is 1.79. The molecular weight excluding hydrogens is 414 g/mol. The first-order chi connectivity index (χ1) is 15.9. The highest BCUT2D eigenvalue weighted by molar-refractivity contribution is 6.46. The molecule has 1 N–H and O–H groups in total. The van der Waals surface area contributed by atoms with Crippen molar-refractivity contribution >= 4 is 28.8 Å². The lowest BCUT2D eigenvalue weighted by molar-refractivity contribution is -0.120. The minimum Gasteiger partial charge on any atom is -0.494 e. The number of imide groups is 1. The quantitative estimate of drug-likeness (QED) is 0.551. The lowest BCUT2D eigenvalue weighted by Crippen LogP contribution is -2.32. The van der Waals surface area contributed by atoms with Crippen LogP contribution in [0.25, 0.3) is 5.57 Å². The number of carbonyl (C=O) groups is 2. The molecule has 3 aromatic rings. The average Bonchev–Trinajstić information content (AvgIpc) is 3.06. The number of nitrogens with one attached hydrogen (secondary N) is 1. The third-order valence-electron chi connectivity index (χ3n) is 5.57. The standard InChI is InChI=1S/C27H23N3O3/c1-4-33-23-13-8-20(9-14-23)24-25(29-21-10-5-17(2)18(3)15-21)27(32)30(26(24)31)22-11-6-19(16-28)7-12-22/h5-15,29H,4H2,1-3H3. The Morgan fingerprint density at radius 3 is 2.21 bits per heavy atom. The van der Waals surface area contributed by atoms with Crippen LogP contribution in [0.5, 0.6) is 5.75 Å². The van der Waals surface area contributed by atoms with Crippen LogP contribution in [0.4, 0.5) is 11.4 Å². The highest BCUT2D eigenvalue weighted by Gasteiger charge is 2.40. The second-order valence-electron chi connectivity index (χ2n) is 7.74. The van der Waals surface area contributed by atoms with Crippen molar-refractivity contribution in [2.45, 2.75) is 20.8 Å². The van der Waals surface area contributed by atoms with E-state index in [1.54, 1.807) is 48.5 Å². The Labute approximate surface area is 192 Å². The summed E-state index contributed by atoms with van der Waals surface area (Å²) in [5.74, 6) is -0.196. The SMILES string of the molecule is CCOc1ccc(C2=C(Nc3ccc(C)c(C)c3)C(=O)N(c3ccc(C#N)cc3)C2=O)cc1. The number of hydrogen-bond donors (Lipinski definition) is 1. The van der Waals surface area contributed by atoms with Crippen LogP contribution in [0.15, 0.2) is 72.4 Å². The molecule has 164 valence electrons. The molecule has 1 aliphatic heterocycles. The van der Waals surface area contributed by atoms with Gasteiger partial charge in [0, 0.05) is 5.69 Å². The first kappa shape index (κ1) is 21.8. The molecule has 4 rings (SSSR count). The number of benzene rings is 3. The Morgan fingerprint density at radius 2 is 1.61 bits per heavy atom. The molecule has 1 heterocycles. The fourth-order valence-corrected chi connectivity index (χ4v) is 3.68. The van der Waals surface area contributed by atoms with E-state index in [9.17, 15) is 9.59 Å². The molecule has 6 heteroatoms. The molecule has 0 spiro atoms. The maximum atomic E-state index is 13.5. The molecule has 0 fully saturated rings. The largest absolute Gasteiger partial charge is 0.494 e. The second-order valence-corrected chi connectivity index (χ2v) is 7.74. The maximum Gasteiger partial charge on any atom is 0.282 e. The first-order valence-corrected chi connectivity index (χ1v) is 10.6.